The normalized spacial score (nSPS) is 18.4. The molecule has 1 aliphatic heterocycles. The van der Waals surface area contributed by atoms with Crippen LogP contribution in [0.1, 0.15) is 12.5 Å². The molecule has 7 heteroatoms. The number of carbonyl (C=O) groups excluding carboxylic acids is 1. The molecule has 0 radical (unpaired) electrons. The number of urea groups is 1. The summed E-state index contributed by atoms with van der Waals surface area (Å²) in [5.74, 6) is 0.929. The number of aliphatic hydroxyl groups is 1. The second-order valence-corrected chi connectivity index (χ2v) is 4.99. The number of carbonyl (C=O) groups is 1. The predicted molar refractivity (Wildman–Crippen MR) is 79.2 cm³/mol. The summed E-state index contributed by atoms with van der Waals surface area (Å²) in [6.07, 6.45) is 1.99. The van der Waals surface area contributed by atoms with Gasteiger partial charge in [0.15, 0.2) is 0 Å². The van der Waals surface area contributed by atoms with Crippen LogP contribution in [0.4, 0.5) is 10.6 Å². The Balaban J connectivity index is 1.83. The van der Waals surface area contributed by atoms with E-state index < -0.39 is 0 Å². The molecule has 7 nitrogen and oxygen atoms in total. The molecule has 116 valence electrons. The highest BCUT2D eigenvalue weighted by atomic mass is 16.5. The SMILES string of the molecule is CC1CN(c2ccc(CNC(=O)NCCO)cn2)CCO1. The zero-order valence-electron chi connectivity index (χ0n) is 12.2. The van der Waals surface area contributed by atoms with Crippen LogP contribution in [0.2, 0.25) is 0 Å². The molecule has 0 aromatic carbocycles. The summed E-state index contributed by atoms with van der Waals surface area (Å²) in [6.45, 7) is 5.04. The summed E-state index contributed by atoms with van der Waals surface area (Å²) in [5, 5.41) is 13.8. The van der Waals surface area contributed by atoms with Crippen molar-refractivity contribution in [2.45, 2.75) is 19.6 Å². The number of anilines is 1. The maximum Gasteiger partial charge on any atom is 0.315 e. The van der Waals surface area contributed by atoms with Crippen LogP contribution < -0.4 is 15.5 Å². The van der Waals surface area contributed by atoms with Gasteiger partial charge in [0.05, 0.1) is 19.3 Å². The number of hydrogen-bond donors (Lipinski definition) is 3. The molecule has 2 heterocycles. The van der Waals surface area contributed by atoms with Gasteiger partial charge in [-0.2, -0.15) is 0 Å². The van der Waals surface area contributed by atoms with Gasteiger partial charge < -0.3 is 25.4 Å². The zero-order valence-corrected chi connectivity index (χ0v) is 12.2. The first kappa shape index (κ1) is 15.5. The molecular formula is C14H22N4O3. The molecule has 0 saturated carbocycles. The number of amides is 2. The largest absolute Gasteiger partial charge is 0.395 e. The second-order valence-electron chi connectivity index (χ2n) is 4.99. The Morgan fingerprint density at radius 3 is 3.05 bits per heavy atom. The molecule has 3 N–H and O–H groups in total. The van der Waals surface area contributed by atoms with E-state index >= 15 is 0 Å². The summed E-state index contributed by atoms with van der Waals surface area (Å²) in [7, 11) is 0. The summed E-state index contributed by atoms with van der Waals surface area (Å²) in [4.78, 5) is 18.0. The van der Waals surface area contributed by atoms with E-state index in [0.717, 1.165) is 31.1 Å². The molecule has 2 rings (SSSR count). The van der Waals surface area contributed by atoms with Crippen LogP contribution in [-0.2, 0) is 11.3 Å². The van der Waals surface area contributed by atoms with Gasteiger partial charge in [-0.1, -0.05) is 6.07 Å². The lowest BCUT2D eigenvalue weighted by atomic mass is 10.2. The molecule has 21 heavy (non-hydrogen) atoms. The molecule has 1 aliphatic rings. The average Bonchev–Trinajstić information content (AvgIpc) is 2.51. The van der Waals surface area contributed by atoms with Gasteiger partial charge in [0, 0.05) is 32.4 Å². The Bertz CT molecular complexity index is 452. The van der Waals surface area contributed by atoms with E-state index in [1.165, 1.54) is 0 Å². The summed E-state index contributed by atoms with van der Waals surface area (Å²) < 4.78 is 5.51. The Morgan fingerprint density at radius 2 is 2.38 bits per heavy atom. The molecule has 0 spiro atoms. The van der Waals surface area contributed by atoms with Crippen molar-refractivity contribution in [3.63, 3.8) is 0 Å². The van der Waals surface area contributed by atoms with Gasteiger partial charge in [-0.3, -0.25) is 0 Å². The van der Waals surface area contributed by atoms with E-state index in [-0.39, 0.29) is 25.3 Å². The fourth-order valence-electron chi connectivity index (χ4n) is 2.15. The Morgan fingerprint density at radius 1 is 1.52 bits per heavy atom. The van der Waals surface area contributed by atoms with Gasteiger partial charge in [-0.15, -0.1) is 0 Å². The van der Waals surface area contributed by atoms with Crippen molar-refractivity contribution in [1.29, 1.82) is 0 Å². The smallest absolute Gasteiger partial charge is 0.315 e. The van der Waals surface area contributed by atoms with Gasteiger partial charge in [-0.05, 0) is 18.6 Å². The molecule has 1 aromatic heterocycles. The monoisotopic (exact) mass is 294 g/mol. The third-order valence-electron chi connectivity index (χ3n) is 3.22. The number of morpholine rings is 1. The molecular weight excluding hydrogens is 272 g/mol. The highest BCUT2D eigenvalue weighted by Crippen LogP contribution is 2.15. The van der Waals surface area contributed by atoms with Crippen molar-refractivity contribution in [2.75, 3.05) is 37.7 Å². The predicted octanol–water partition coefficient (Wildman–Crippen LogP) is 0.0982. The quantitative estimate of drug-likeness (QED) is 0.717. The Labute approximate surface area is 124 Å². The Kier molecular flexibility index (Phi) is 5.77. The van der Waals surface area contributed by atoms with Gasteiger partial charge in [0.25, 0.3) is 0 Å². The molecule has 0 bridgehead atoms. The van der Waals surface area contributed by atoms with Crippen molar-refractivity contribution in [2.24, 2.45) is 0 Å². The van der Waals surface area contributed by atoms with E-state index in [0.29, 0.717) is 6.54 Å². The van der Waals surface area contributed by atoms with E-state index in [2.05, 4.69) is 27.4 Å². The zero-order chi connectivity index (χ0) is 15.1. The fourth-order valence-corrected chi connectivity index (χ4v) is 2.15. The summed E-state index contributed by atoms with van der Waals surface area (Å²) in [5.41, 5.74) is 0.930. The van der Waals surface area contributed by atoms with Crippen molar-refractivity contribution < 1.29 is 14.6 Å². The van der Waals surface area contributed by atoms with Crippen LogP contribution >= 0.6 is 0 Å². The highest BCUT2D eigenvalue weighted by Gasteiger charge is 2.17. The standard InChI is InChI=1S/C14H22N4O3/c1-11-10-18(5-7-21-11)13-3-2-12(8-16-13)9-17-14(20)15-4-6-19/h2-3,8,11,19H,4-7,9-10H2,1H3,(H2,15,17,20). The number of aromatic nitrogens is 1. The van der Waals surface area contributed by atoms with E-state index in [4.69, 9.17) is 9.84 Å². The minimum atomic E-state index is -0.296. The van der Waals surface area contributed by atoms with Crippen LogP contribution in [0.15, 0.2) is 18.3 Å². The van der Waals surface area contributed by atoms with Crippen molar-refractivity contribution in [3.05, 3.63) is 23.9 Å². The lowest BCUT2D eigenvalue weighted by molar-refractivity contribution is 0.0529. The second kappa shape index (κ2) is 7.80. The van der Waals surface area contributed by atoms with Crippen LogP contribution in [-0.4, -0.2) is 55.1 Å². The van der Waals surface area contributed by atoms with Crippen LogP contribution in [0.3, 0.4) is 0 Å². The van der Waals surface area contributed by atoms with Gasteiger partial charge in [0.2, 0.25) is 0 Å². The minimum Gasteiger partial charge on any atom is -0.395 e. The lowest BCUT2D eigenvalue weighted by Crippen LogP contribution is -2.41. The lowest BCUT2D eigenvalue weighted by Gasteiger charge is -2.32. The molecule has 0 aliphatic carbocycles. The average molecular weight is 294 g/mol. The molecule has 1 atom stereocenters. The van der Waals surface area contributed by atoms with E-state index in [1.807, 2.05) is 12.1 Å². The minimum absolute atomic E-state index is 0.0678. The van der Waals surface area contributed by atoms with E-state index in [1.54, 1.807) is 6.20 Å². The number of nitrogens with zero attached hydrogens (tertiary/aromatic N) is 2. The molecule has 1 fully saturated rings. The highest BCUT2D eigenvalue weighted by molar-refractivity contribution is 5.73. The summed E-state index contributed by atoms with van der Waals surface area (Å²) in [6, 6.07) is 3.62. The van der Waals surface area contributed by atoms with E-state index in [9.17, 15) is 4.79 Å². The molecule has 1 unspecified atom stereocenters. The first-order valence-corrected chi connectivity index (χ1v) is 7.13. The Hall–Kier alpha value is -1.86. The third kappa shape index (κ3) is 4.87. The van der Waals surface area contributed by atoms with Crippen molar-refractivity contribution >= 4 is 11.8 Å². The van der Waals surface area contributed by atoms with Crippen LogP contribution in [0.25, 0.3) is 0 Å². The van der Waals surface area contributed by atoms with Gasteiger partial charge in [0.1, 0.15) is 5.82 Å². The number of aliphatic hydroxyl groups excluding tert-OH is 1. The van der Waals surface area contributed by atoms with Crippen molar-refractivity contribution in [1.82, 2.24) is 15.6 Å². The number of nitrogens with one attached hydrogen (secondary N) is 2. The maximum atomic E-state index is 11.3. The topological polar surface area (TPSA) is 86.7 Å². The number of rotatable bonds is 5. The maximum absolute atomic E-state index is 11.3. The number of hydrogen-bond acceptors (Lipinski definition) is 5. The van der Waals surface area contributed by atoms with Gasteiger partial charge >= 0.3 is 6.03 Å². The van der Waals surface area contributed by atoms with Crippen molar-refractivity contribution in [3.8, 4) is 0 Å². The first-order valence-electron chi connectivity index (χ1n) is 7.13. The summed E-state index contributed by atoms with van der Waals surface area (Å²) >= 11 is 0. The molecule has 2 amide bonds. The fraction of sp³-hybridized carbons (Fsp3) is 0.571. The third-order valence-corrected chi connectivity index (χ3v) is 3.22. The number of ether oxygens (including phenoxy) is 1. The first-order chi connectivity index (χ1) is 10.2. The molecule has 1 aromatic rings. The molecule has 1 saturated heterocycles. The van der Waals surface area contributed by atoms with Crippen LogP contribution in [0, 0.1) is 0 Å². The number of pyridine rings is 1. The van der Waals surface area contributed by atoms with Crippen LogP contribution in [0.5, 0.6) is 0 Å². The van der Waals surface area contributed by atoms with Gasteiger partial charge in [-0.25, -0.2) is 9.78 Å².